The Bertz CT molecular complexity index is 649. The minimum atomic E-state index is 0.500. The van der Waals surface area contributed by atoms with E-state index in [1.807, 2.05) is 19.9 Å². The smallest absolute Gasteiger partial charge is 0.145 e. The van der Waals surface area contributed by atoms with Crippen LogP contribution >= 0.6 is 11.6 Å². The van der Waals surface area contributed by atoms with Crippen LogP contribution in [-0.4, -0.2) is 14.5 Å². The number of halogens is 1. The van der Waals surface area contributed by atoms with Crippen molar-refractivity contribution in [2.24, 2.45) is 17.3 Å². The van der Waals surface area contributed by atoms with Gasteiger partial charge in [-0.15, -0.1) is 0 Å². The van der Waals surface area contributed by atoms with Crippen molar-refractivity contribution in [2.75, 3.05) is 0 Å². The Kier molecular flexibility index (Phi) is 9.09. The standard InChI is InChI=1S/C15H20ClN3.C5H12.C2H6/c1-10(2)7-11-3-4-12(8-11)19-6-5-13-14(16)17-9-18-15(13)19;1-5(2,3)4;1-2/h5-6,9-12H,3-4,7-8H2,1-2H3;1-4H3;1-2H3. The SMILES string of the molecule is CC.CC(C)(C)C.CC(C)CC1CCC(n2ccc3c(Cl)ncnc32)C1. The summed E-state index contributed by atoms with van der Waals surface area (Å²) in [6.45, 7) is 17.4. The number of rotatable bonds is 3. The van der Waals surface area contributed by atoms with Gasteiger partial charge in [0.05, 0.1) is 5.39 Å². The van der Waals surface area contributed by atoms with Crippen LogP contribution < -0.4 is 0 Å². The van der Waals surface area contributed by atoms with Crippen molar-refractivity contribution < 1.29 is 0 Å². The molecule has 2 aromatic heterocycles. The van der Waals surface area contributed by atoms with Gasteiger partial charge >= 0.3 is 0 Å². The zero-order chi connectivity index (χ0) is 19.9. The highest BCUT2D eigenvalue weighted by molar-refractivity contribution is 6.33. The van der Waals surface area contributed by atoms with Crippen molar-refractivity contribution in [3.8, 4) is 0 Å². The average Bonchev–Trinajstić information content (AvgIpc) is 3.14. The second kappa shape index (κ2) is 10.3. The number of hydrogen-bond donors (Lipinski definition) is 0. The highest BCUT2D eigenvalue weighted by atomic mass is 35.5. The van der Waals surface area contributed by atoms with E-state index in [9.17, 15) is 0 Å². The Morgan fingerprint density at radius 3 is 2.35 bits per heavy atom. The molecule has 3 nitrogen and oxygen atoms in total. The molecule has 26 heavy (non-hydrogen) atoms. The molecule has 1 aliphatic carbocycles. The minimum Gasteiger partial charge on any atom is -0.329 e. The second-order valence-electron chi connectivity index (χ2n) is 9.09. The third-order valence-electron chi connectivity index (χ3n) is 4.17. The van der Waals surface area contributed by atoms with Gasteiger partial charge < -0.3 is 4.57 Å². The predicted octanol–water partition coefficient (Wildman–Crippen LogP) is 7.55. The lowest BCUT2D eigenvalue weighted by molar-refractivity contribution is 0.401. The lowest BCUT2D eigenvalue weighted by Crippen LogP contribution is -2.06. The van der Waals surface area contributed by atoms with Crippen molar-refractivity contribution in [3.05, 3.63) is 23.7 Å². The molecule has 2 unspecified atom stereocenters. The molecule has 0 radical (unpaired) electrons. The highest BCUT2D eigenvalue weighted by Crippen LogP contribution is 2.39. The zero-order valence-electron chi connectivity index (χ0n) is 18.0. The average molecular weight is 380 g/mol. The quantitative estimate of drug-likeness (QED) is 0.515. The number of hydrogen-bond acceptors (Lipinski definition) is 2. The second-order valence-corrected chi connectivity index (χ2v) is 9.45. The summed E-state index contributed by atoms with van der Waals surface area (Å²) in [6, 6.07) is 2.61. The molecule has 2 aromatic rings. The van der Waals surface area contributed by atoms with Gasteiger partial charge in [-0.3, -0.25) is 0 Å². The molecule has 0 aliphatic heterocycles. The van der Waals surface area contributed by atoms with E-state index in [4.69, 9.17) is 11.6 Å². The van der Waals surface area contributed by atoms with Crippen LogP contribution in [0.4, 0.5) is 0 Å². The van der Waals surface area contributed by atoms with Crippen molar-refractivity contribution in [2.45, 2.75) is 87.1 Å². The highest BCUT2D eigenvalue weighted by Gasteiger charge is 2.27. The van der Waals surface area contributed by atoms with Gasteiger partial charge in [0, 0.05) is 12.2 Å². The fourth-order valence-electron chi connectivity index (χ4n) is 3.42. The van der Waals surface area contributed by atoms with Crippen LogP contribution in [-0.2, 0) is 0 Å². The normalized spacial score (nSPS) is 19.8. The van der Waals surface area contributed by atoms with E-state index in [1.54, 1.807) is 6.33 Å². The summed E-state index contributed by atoms with van der Waals surface area (Å²) in [5.74, 6) is 1.65. The molecule has 2 heterocycles. The van der Waals surface area contributed by atoms with Gasteiger partial charge in [-0.25, -0.2) is 9.97 Å². The van der Waals surface area contributed by atoms with E-state index in [0.29, 0.717) is 16.6 Å². The van der Waals surface area contributed by atoms with Crippen LogP contribution in [0.5, 0.6) is 0 Å². The van der Waals surface area contributed by atoms with E-state index in [1.165, 1.54) is 25.7 Å². The molecule has 3 rings (SSSR count). The zero-order valence-corrected chi connectivity index (χ0v) is 18.8. The largest absolute Gasteiger partial charge is 0.329 e. The Morgan fingerprint density at radius 1 is 1.15 bits per heavy atom. The molecule has 1 fully saturated rings. The first-order valence-electron chi connectivity index (χ1n) is 10.1. The Hall–Kier alpha value is -1.09. The first kappa shape index (κ1) is 23.0. The summed E-state index contributed by atoms with van der Waals surface area (Å²) in [6.07, 6.45) is 8.87. The van der Waals surface area contributed by atoms with Gasteiger partial charge in [0.2, 0.25) is 0 Å². The van der Waals surface area contributed by atoms with E-state index >= 15 is 0 Å². The first-order chi connectivity index (χ1) is 12.1. The first-order valence-corrected chi connectivity index (χ1v) is 10.5. The Balaban J connectivity index is 0.000000420. The fourth-order valence-corrected chi connectivity index (χ4v) is 3.61. The van der Waals surface area contributed by atoms with Crippen molar-refractivity contribution >= 4 is 22.6 Å². The van der Waals surface area contributed by atoms with Crippen LogP contribution in [0.2, 0.25) is 5.15 Å². The van der Waals surface area contributed by atoms with Gasteiger partial charge in [0.1, 0.15) is 17.1 Å². The van der Waals surface area contributed by atoms with Gasteiger partial charge in [0.15, 0.2) is 0 Å². The predicted molar refractivity (Wildman–Crippen MR) is 115 cm³/mol. The molecule has 0 spiro atoms. The number of fused-ring (bicyclic) bond motifs is 1. The van der Waals surface area contributed by atoms with Crippen molar-refractivity contribution in [1.82, 2.24) is 14.5 Å². The molecule has 0 amide bonds. The van der Waals surface area contributed by atoms with Gasteiger partial charge in [0.25, 0.3) is 0 Å². The van der Waals surface area contributed by atoms with E-state index < -0.39 is 0 Å². The lowest BCUT2D eigenvalue weighted by atomic mass is 9.96. The topological polar surface area (TPSA) is 30.7 Å². The molecule has 0 aromatic carbocycles. The minimum absolute atomic E-state index is 0.500. The van der Waals surface area contributed by atoms with Crippen molar-refractivity contribution in [1.29, 1.82) is 0 Å². The fraction of sp³-hybridized carbons (Fsp3) is 0.727. The molecular formula is C22H38ClN3. The Morgan fingerprint density at radius 2 is 1.77 bits per heavy atom. The van der Waals surface area contributed by atoms with Crippen LogP contribution in [0.25, 0.3) is 11.0 Å². The molecular weight excluding hydrogens is 342 g/mol. The summed E-state index contributed by atoms with van der Waals surface area (Å²) in [5, 5.41) is 1.52. The van der Waals surface area contributed by atoms with E-state index in [2.05, 4.69) is 62.3 Å². The van der Waals surface area contributed by atoms with E-state index in [0.717, 1.165) is 22.9 Å². The molecule has 1 aliphatic rings. The van der Waals surface area contributed by atoms with Crippen LogP contribution in [0.1, 0.15) is 87.1 Å². The summed E-state index contributed by atoms with van der Waals surface area (Å²) < 4.78 is 2.29. The van der Waals surface area contributed by atoms with Crippen LogP contribution in [0.3, 0.4) is 0 Å². The third kappa shape index (κ3) is 7.26. The number of nitrogens with zero attached hydrogens (tertiary/aromatic N) is 3. The van der Waals surface area contributed by atoms with Gasteiger partial charge in [-0.2, -0.15) is 0 Å². The summed E-state index contributed by atoms with van der Waals surface area (Å²) in [4.78, 5) is 8.44. The number of aromatic nitrogens is 3. The molecule has 1 saturated carbocycles. The maximum atomic E-state index is 6.11. The molecule has 2 atom stereocenters. The molecule has 0 saturated heterocycles. The molecule has 0 N–H and O–H groups in total. The molecule has 148 valence electrons. The van der Waals surface area contributed by atoms with Gasteiger partial charge in [-0.1, -0.05) is 67.0 Å². The monoisotopic (exact) mass is 379 g/mol. The summed E-state index contributed by atoms with van der Waals surface area (Å²) >= 11 is 6.11. The van der Waals surface area contributed by atoms with Gasteiger partial charge in [-0.05, 0) is 49.0 Å². The summed E-state index contributed by atoms with van der Waals surface area (Å²) in [7, 11) is 0. The third-order valence-corrected chi connectivity index (χ3v) is 4.47. The lowest BCUT2D eigenvalue weighted by Gasteiger charge is -2.15. The molecule has 0 bridgehead atoms. The van der Waals surface area contributed by atoms with Crippen LogP contribution in [0.15, 0.2) is 18.6 Å². The van der Waals surface area contributed by atoms with Crippen molar-refractivity contribution in [3.63, 3.8) is 0 Å². The maximum absolute atomic E-state index is 6.11. The molecule has 4 heteroatoms. The maximum Gasteiger partial charge on any atom is 0.145 e. The summed E-state index contributed by atoms with van der Waals surface area (Å²) in [5.41, 5.74) is 1.48. The Labute approximate surface area is 165 Å². The van der Waals surface area contributed by atoms with E-state index in [-0.39, 0.29) is 0 Å². The van der Waals surface area contributed by atoms with Crippen LogP contribution in [0, 0.1) is 17.3 Å².